The molecule has 1 aliphatic heterocycles. The maximum Gasteiger partial charge on any atom is 0.335 e. The molecule has 7 N–H and O–H groups in total. The van der Waals surface area contributed by atoms with Crippen molar-refractivity contribution in [3.63, 3.8) is 0 Å². The number of aliphatic hydroxyl groups is 4. The molecule has 1 saturated heterocycles. The molecule has 7 atom stereocenters. The summed E-state index contributed by atoms with van der Waals surface area (Å²) in [6.07, 6.45) is -6.94. The summed E-state index contributed by atoms with van der Waals surface area (Å²) in [6.45, 7) is 3.08. The summed E-state index contributed by atoms with van der Waals surface area (Å²) in [6, 6.07) is 11.4. The highest BCUT2D eigenvalue weighted by atomic mass is 16.7. The van der Waals surface area contributed by atoms with Gasteiger partial charge >= 0.3 is 5.97 Å². The molecule has 1 aliphatic carbocycles. The number of ketones is 1. The van der Waals surface area contributed by atoms with Crippen LogP contribution >= 0.6 is 0 Å². The molecule has 1 heterocycles. The highest BCUT2D eigenvalue weighted by Crippen LogP contribution is 2.47. The zero-order valence-corrected chi connectivity index (χ0v) is 23.1. The van der Waals surface area contributed by atoms with Crippen molar-refractivity contribution in [1.82, 2.24) is 0 Å². The molecule has 3 aromatic carbocycles. The fourth-order valence-electron chi connectivity index (χ4n) is 6.18. The molecule has 2 aliphatic rings. The number of aryl methyl sites for hydroxylation is 1. The van der Waals surface area contributed by atoms with Gasteiger partial charge in [-0.1, -0.05) is 37.3 Å². The molecule has 1 saturated carbocycles. The number of aliphatic hydroxyl groups excluding tert-OH is 3. The van der Waals surface area contributed by atoms with Crippen LogP contribution in [0.15, 0.2) is 42.5 Å². The first-order chi connectivity index (χ1) is 19.9. The average molecular weight is 583 g/mol. The van der Waals surface area contributed by atoms with Gasteiger partial charge in [0.1, 0.15) is 41.2 Å². The quantitative estimate of drug-likeness (QED) is 0.160. The Morgan fingerprint density at radius 2 is 1.74 bits per heavy atom. The predicted octanol–water partition coefficient (Wildman–Crippen LogP) is 2.42. The van der Waals surface area contributed by atoms with Gasteiger partial charge in [-0.2, -0.15) is 0 Å². The van der Waals surface area contributed by atoms with Gasteiger partial charge in [-0.05, 0) is 49.8 Å². The Morgan fingerprint density at radius 1 is 1.05 bits per heavy atom. The van der Waals surface area contributed by atoms with Crippen LogP contribution < -0.4 is 4.74 Å². The maximum absolute atomic E-state index is 13.3. The highest BCUT2D eigenvalue weighted by molar-refractivity contribution is 6.11. The molecule has 0 bridgehead atoms. The summed E-state index contributed by atoms with van der Waals surface area (Å²) in [5.74, 6) is -3.80. The van der Waals surface area contributed by atoms with Crippen molar-refractivity contribution < 1.29 is 54.8 Å². The summed E-state index contributed by atoms with van der Waals surface area (Å²) in [5.41, 5.74) is -1.58. The molecule has 0 spiro atoms. The van der Waals surface area contributed by atoms with E-state index in [1.54, 1.807) is 6.92 Å². The van der Waals surface area contributed by atoms with Gasteiger partial charge in [0, 0.05) is 17.4 Å². The van der Waals surface area contributed by atoms with Crippen molar-refractivity contribution in [2.24, 2.45) is 5.92 Å². The van der Waals surface area contributed by atoms with Crippen LogP contribution in [0.5, 0.6) is 17.2 Å². The number of aromatic carboxylic acids is 1. The van der Waals surface area contributed by atoms with Crippen molar-refractivity contribution in [3.8, 4) is 17.2 Å². The Balaban J connectivity index is 1.58. The van der Waals surface area contributed by atoms with Crippen molar-refractivity contribution in [2.75, 3.05) is 0 Å². The summed E-state index contributed by atoms with van der Waals surface area (Å²) in [7, 11) is 0. The van der Waals surface area contributed by atoms with Gasteiger partial charge < -0.3 is 45.2 Å². The second-order valence-corrected chi connectivity index (χ2v) is 11.2. The molecule has 11 heteroatoms. The first-order valence-corrected chi connectivity index (χ1v) is 13.8. The van der Waals surface area contributed by atoms with E-state index in [-0.39, 0.29) is 46.1 Å². The predicted molar refractivity (Wildman–Crippen MR) is 149 cm³/mol. The maximum atomic E-state index is 13.3. The van der Waals surface area contributed by atoms with E-state index in [2.05, 4.69) is 0 Å². The topological polar surface area (TPSA) is 194 Å². The molecule has 7 unspecified atom stereocenters. The smallest absolute Gasteiger partial charge is 0.335 e. The zero-order chi connectivity index (χ0) is 30.5. The highest BCUT2D eigenvalue weighted by Gasteiger charge is 2.61. The largest absolute Gasteiger partial charge is 0.507 e. The van der Waals surface area contributed by atoms with E-state index in [1.807, 2.05) is 30.3 Å². The number of carbonyl (C=O) groups is 2. The van der Waals surface area contributed by atoms with Gasteiger partial charge in [-0.15, -0.1) is 0 Å². The van der Waals surface area contributed by atoms with Crippen molar-refractivity contribution in [3.05, 3.63) is 64.7 Å². The number of phenolic OH excluding ortho intramolecular Hbond substituents is 2. The Labute approximate surface area is 241 Å². The number of carbonyl (C=O) groups excluding carboxylic acids is 1. The molecule has 224 valence electrons. The molecule has 0 radical (unpaired) electrons. The summed E-state index contributed by atoms with van der Waals surface area (Å²) in [5, 5.41) is 75.5. The van der Waals surface area contributed by atoms with Crippen molar-refractivity contribution in [2.45, 2.75) is 75.8 Å². The molecule has 3 aromatic rings. The molecular weight excluding hydrogens is 548 g/mol. The molecule has 11 nitrogen and oxygen atoms in total. The van der Waals surface area contributed by atoms with Crippen LogP contribution in [0.4, 0.5) is 0 Å². The van der Waals surface area contributed by atoms with Crippen LogP contribution in [-0.4, -0.2) is 83.8 Å². The second-order valence-electron chi connectivity index (χ2n) is 11.2. The lowest BCUT2D eigenvalue weighted by molar-refractivity contribution is -0.343. The van der Waals surface area contributed by atoms with E-state index in [0.29, 0.717) is 12.8 Å². The Morgan fingerprint density at radius 3 is 2.40 bits per heavy atom. The molecule has 2 fully saturated rings. The number of benzene rings is 3. The van der Waals surface area contributed by atoms with Crippen molar-refractivity contribution in [1.29, 1.82) is 0 Å². The normalized spacial score (nSPS) is 29.2. The monoisotopic (exact) mass is 582 g/mol. The minimum absolute atomic E-state index is 0.000260. The Bertz CT molecular complexity index is 1520. The number of fused-ring (bicyclic) bond motifs is 2. The molecule has 5 rings (SSSR count). The summed E-state index contributed by atoms with van der Waals surface area (Å²) >= 11 is 0. The number of phenols is 2. The summed E-state index contributed by atoms with van der Waals surface area (Å²) in [4.78, 5) is 25.3. The van der Waals surface area contributed by atoms with Crippen LogP contribution in [0, 0.1) is 12.8 Å². The minimum atomic E-state index is -1.99. The van der Waals surface area contributed by atoms with E-state index < -0.39 is 65.5 Å². The number of hydrogen-bond acceptors (Lipinski definition) is 10. The van der Waals surface area contributed by atoms with Gasteiger partial charge in [0.25, 0.3) is 0 Å². The third-order valence-electron chi connectivity index (χ3n) is 8.66. The van der Waals surface area contributed by atoms with Gasteiger partial charge in [-0.3, -0.25) is 4.79 Å². The fourth-order valence-corrected chi connectivity index (χ4v) is 6.18. The van der Waals surface area contributed by atoms with Crippen LogP contribution in [0.25, 0.3) is 10.8 Å². The van der Waals surface area contributed by atoms with E-state index in [4.69, 9.17) is 9.47 Å². The standard InChI is InChI=1S/C31H34O11/c1-14-8-10-20(33)28-31(14,40)27(37)26(36)30(42-28)41-21-13-17(29(38)39)12-18-23(21)25(35)22(15(2)24(18)34)19(32)11-9-16-6-4-3-5-7-16/h3-7,12-14,20,26-28,30,33-37,40H,8-11H2,1-2H3,(H,38,39). The van der Waals surface area contributed by atoms with E-state index in [9.17, 15) is 45.3 Å². The molecule has 42 heavy (non-hydrogen) atoms. The zero-order valence-electron chi connectivity index (χ0n) is 23.1. The minimum Gasteiger partial charge on any atom is -0.507 e. The van der Waals surface area contributed by atoms with Gasteiger partial charge in [-0.25, -0.2) is 4.79 Å². The van der Waals surface area contributed by atoms with Crippen molar-refractivity contribution >= 4 is 22.5 Å². The third kappa shape index (κ3) is 4.87. The number of Topliss-reactive ketones (excluding diaryl/α,β-unsaturated/α-hetero) is 1. The Hall–Kier alpha value is -3.74. The van der Waals surface area contributed by atoms with Crippen LogP contribution in [0.1, 0.15) is 58.0 Å². The third-order valence-corrected chi connectivity index (χ3v) is 8.66. The number of aromatic hydroxyl groups is 2. The second kappa shape index (κ2) is 11.2. The van der Waals surface area contributed by atoms with E-state index >= 15 is 0 Å². The van der Waals surface area contributed by atoms with E-state index in [1.165, 1.54) is 6.92 Å². The Kier molecular flexibility index (Phi) is 7.90. The van der Waals surface area contributed by atoms with Gasteiger partial charge in [0.2, 0.25) is 6.29 Å². The lowest BCUT2D eigenvalue weighted by atomic mass is 9.67. The number of rotatable bonds is 7. The van der Waals surface area contributed by atoms with Crippen LogP contribution in [0.2, 0.25) is 0 Å². The van der Waals surface area contributed by atoms with Gasteiger partial charge in [0.05, 0.1) is 22.6 Å². The number of hydrogen-bond donors (Lipinski definition) is 7. The number of ether oxygens (including phenoxy) is 2. The lowest BCUT2D eigenvalue weighted by Gasteiger charge is -2.54. The first-order valence-electron chi connectivity index (χ1n) is 13.8. The van der Waals surface area contributed by atoms with Gasteiger partial charge in [0.15, 0.2) is 5.78 Å². The molecular formula is C31H34O11. The number of carboxylic acid groups (broad SMARTS) is 1. The first kappa shape index (κ1) is 29.7. The van der Waals surface area contributed by atoms with Crippen LogP contribution in [0.3, 0.4) is 0 Å². The SMILES string of the molecule is Cc1c(C(=O)CCc2ccccc2)c(O)c2c(OC3OC4C(O)CCC(C)C4(O)C(O)C3O)cc(C(=O)O)cc2c1O. The van der Waals surface area contributed by atoms with Crippen LogP contribution in [-0.2, 0) is 11.2 Å². The summed E-state index contributed by atoms with van der Waals surface area (Å²) < 4.78 is 11.6. The molecule has 0 aromatic heterocycles. The number of carboxylic acids is 1. The lowest BCUT2D eigenvalue weighted by Crippen LogP contribution is -2.73. The van der Waals surface area contributed by atoms with E-state index in [0.717, 1.165) is 17.7 Å². The molecule has 0 amide bonds. The fraction of sp³-hybridized carbons (Fsp3) is 0.419. The average Bonchev–Trinajstić information content (AvgIpc) is 2.97.